The number of ether oxygens (including phenoxy) is 2. The second kappa shape index (κ2) is 10.9. The number of amides is 1. The van der Waals surface area contributed by atoms with Crippen LogP contribution in [0.2, 0.25) is 0 Å². The first-order valence-electron chi connectivity index (χ1n) is 10.8. The number of aromatic nitrogens is 4. The van der Waals surface area contributed by atoms with Gasteiger partial charge in [-0.25, -0.2) is 13.2 Å². The van der Waals surface area contributed by atoms with Crippen LogP contribution in [0.4, 0.5) is 11.4 Å². The van der Waals surface area contributed by atoms with Crippen molar-refractivity contribution in [1.82, 2.24) is 20.2 Å². The van der Waals surface area contributed by atoms with Gasteiger partial charge in [0.2, 0.25) is 11.7 Å². The van der Waals surface area contributed by atoms with Gasteiger partial charge >= 0.3 is 5.97 Å². The molecule has 0 saturated heterocycles. The first kappa shape index (κ1) is 25.3. The summed E-state index contributed by atoms with van der Waals surface area (Å²) in [4.78, 5) is 25.0. The van der Waals surface area contributed by atoms with E-state index in [1.165, 1.54) is 31.4 Å². The maximum Gasteiger partial charge on any atom is 0.337 e. The standard InChI is InChI=1S/C24H22N6O6S/c1-35-18-11-9-17(10-12-18)25-22(31)15-30-27-23(26-29-30)20-5-3-4-6-21(20)28-37(33,34)19-13-7-16(8-14-19)24(32)36-2/h3-14,28H,15H2,1-2H3,(H,25,31). The fourth-order valence-electron chi connectivity index (χ4n) is 3.28. The lowest BCUT2D eigenvalue weighted by molar-refractivity contribution is -0.117. The number of rotatable bonds is 9. The molecule has 0 aliphatic heterocycles. The average molecular weight is 523 g/mol. The highest BCUT2D eigenvalue weighted by Gasteiger charge is 2.19. The molecule has 0 aliphatic carbocycles. The van der Waals surface area contributed by atoms with E-state index < -0.39 is 16.0 Å². The Bertz CT molecular complexity index is 1520. The smallest absolute Gasteiger partial charge is 0.337 e. The van der Waals surface area contributed by atoms with E-state index in [1.54, 1.807) is 55.6 Å². The number of nitrogens with zero attached hydrogens (tertiary/aromatic N) is 4. The molecule has 1 aromatic heterocycles. The number of nitrogens with one attached hydrogen (secondary N) is 2. The monoisotopic (exact) mass is 522 g/mol. The van der Waals surface area contributed by atoms with Crippen LogP contribution in [0.15, 0.2) is 77.7 Å². The van der Waals surface area contributed by atoms with Crippen molar-refractivity contribution in [2.45, 2.75) is 11.4 Å². The predicted octanol–water partition coefficient (Wildman–Crippen LogP) is 2.57. The number of carbonyl (C=O) groups is 2. The van der Waals surface area contributed by atoms with Crippen LogP contribution in [0.5, 0.6) is 5.75 Å². The van der Waals surface area contributed by atoms with Gasteiger partial charge in [-0.05, 0) is 65.9 Å². The average Bonchev–Trinajstić information content (AvgIpc) is 3.36. The molecule has 0 unspecified atom stereocenters. The van der Waals surface area contributed by atoms with Crippen molar-refractivity contribution in [3.63, 3.8) is 0 Å². The highest BCUT2D eigenvalue weighted by atomic mass is 32.2. The van der Waals surface area contributed by atoms with Crippen LogP contribution in [0.3, 0.4) is 0 Å². The van der Waals surface area contributed by atoms with Gasteiger partial charge in [-0.3, -0.25) is 9.52 Å². The Balaban J connectivity index is 1.48. The van der Waals surface area contributed by atoms with E-state index in [-0.39, 0.29) is 34.4 Å². The summed E-state index contributed by atoms with van der Waals surface area (Å²) >= 11 is 0. The summed E-state index contributed by atoms with van der Waals surface area (Å²) < 4.78 is 38.1. The van der Waals surface area contributed by atoms with Gasteiger partial charge < -0.3 is 14.8 Å². The number of benzene rings is 3. The molecular formula is C24H22N6O6S. The van der Waals surface area contributed by atoms with Gasteiger partial charge in [-0.15, -0.1) is 10.2 Å². The minimum absolute atomic E-state index is 0.0539. The highest BCUT2D eigenvalue weighted by Crippen LogP contribution is 2.27. The zero-order valence-electron chi connectivity index (χ0n) is 19.8. The van der Waals surface area contributed by atoms with E-state index in [1.807, 2.05) is 0 Å². The minimum Gasteiger partial charge on any atom is -0.497 e. The Morgan fingerprint density at radius 3 is 2.32 bits per heavy atom. The van der Waals surface area contributed by atoms with Gasteiger partial charge in [0.25, 0.3) is 10.0 Å². The molecule has 0 bridgehead atoms. The van der Waals surface area contributed by atoms with E-state index in [0.29, 0.717) is 17.0 Å². The number of anilines is 2. The molecule has 13 heteroatoms. The van der Waals surface area contributed by atoms with Gasteiger partial charge in [0.05, 0.1) is 30.4 Å². The molecule has 0 saturated carbocycles. The van der Waals surface area contributed by atoms with E-state index in [4.69, 9.17) is 4.74 Å². The van der Waals surface area contributed by atoms with Crippen LogP contribution in [-0.2, 0) is 26.1 Å². The number of tetrazole rings is 1. The molecule has 4 aromatic rings. The van der Waals surface area contributed by atoms with E-state index in [0.717, 1.165) is 4.80 Å². The number of hydrogen-bond acceptors (Lipinski definition) is 9. The molecule has 1 heterocycles. The minimum atomic E-state index is -4.00. The number of methoxy groups -OCH3 is 2. The Hall–Kier alpha value is -4.78. The second-order valence-corrected chi connectivity index (χ2v) is 9.27. The molecule has 0 spiro atoms. The first-order chi connectivity index (χ1) is 17.8. The molecule has 4 rings (SSSR count). The Labute approximate surface area is 212 Å². The summed E-state index contributed by atoms with van der Waals surface area (Å²) in [6.45, 7) is -0.209. The highest BCUT2D eigenvalue weighted by molar-refractivity contribution is 7.92. The summed E-state index contributed by atoms with van der Waals surface area (Å²) in [5.74, 6) is -0.169. The van der Waals surface area contributed by atoms with Crippen LogP contribution >= 0.6 is 0 Å². The molecule has 0 fully saturated rings. The summed E-state index contributed by atoms with van der Waals surface area (Å²) in [7, 11) is -1.21. The lowest BCUT2D eigenvalue weighted by atomic mass is 10.2. The number of para-hydroxylation sites is 1. The third-order valence-electron chi connectivity index (χ3n) is 5.11. The number of sulfonamides is 1. The topological polar surface area (TPSA) is 154 Å². The summed E-state index contributed by atoms with van der Waals surface area (Å²) in [6, 6.07) is 18.6. The molecule has 1 amide bonds. The fraction of sp³-hybridized carbons (Fsp3) is 0.125. The van der Waals surface area contributed by atoms with Crippen LogP contribution < -0.4 is 14.8 Å². The maximum absolute atomic E-state index is 13.0. The van der Waals surface area contributed by atoms with Crippen molar-refractivity contribution in [1.29, 1.82) is 0 Å². The number of esters is 1. The van der Waals surface area contributed by atoms with Gasteiger partial charge in [0, 0.05) is 11.3 Å². The van der Waals surface area contributed by atoms with Gasteiger partial charge in [0.15, 0.2) is 0 Å². The van der Waals surface area contributed by atoms with Gasteiger partial charge in [-0.1, -0.05) is 12.1 Å². The molecule has 37 heavy (non-hydrogen) atoms. The van der Waals surface area contributed by atoms with Crippen molar-refractivity contribution in [2.75, 3.05) is 24.3 Å². The Morgan fingerprint density at radius 2 is 1.65 bits per heavy atom. The third kappa shape index (κ3) is 6.08. The Kier molecular flexibility index (Phi) is 7.44. The largest absolute Gasteiger partial charge is 0.497 e. The predicted molar refractivity (Wildman–Crippen MR) is 133 cm³/mol. The molecule has 190 valence electrons. The van der Waals surface area contributed by atoms with Crippen LogP contribution in [0.1, 0.15) is 10.4 Å². The molecule has 12 nitrogen and oxygen atoms in total. The lowest BCUT2D eigenvalue weighted by Gasteiger charge is -2.11. The van der Waals surface area contributed by atoms with Crippen molar-refractivity contribution in [3.05, 3.63) is 78.4 Å². The van der Waals surface area contributed by atoms with Gasteiger partial charge in [0.1, 0.15) is 12.3 Å². The van der Waals surface area contributed by atoms with Crippen molar-refractivity contribution >= 4 is 33.3 Å². The maximum atomic E-state index is 13.0. The summed E-state index contributed by atoms with van der Waals surface area (Å²) in [5, 5.41) is 14.8. The summed E-state index contributed by atoms with van der Waals surface area (Å²) in [6.07, 6.45) is 0. The molecule has 0 aliphatic rings. The SMILES string of the molecule is COC(=O)c1ccc(S(=O)(=O)Nc2ccccc2-c2nnn(CC(=O)Nc3ccc(OC)cc3)n2)cc1. The van der Waals surface area contributed by atoms with E-state index in [9.17, 15) is 18.0 Å². The van der Waals surface area contributed by atoms with E-state index in [2.05, 4.69) is 30.2 Å². The molecule has 2 N–H and O–H groups in total. The van der Waals surface area contributed by atoms with Crippen molar-refractivity contribution in [2.24, 2.45) is 0 Å². The Morgan fingerprint density at radius 1 is 0.946 bits per heavy atom. The van der Waals surface area contributed by atoms with Crippen LogP contribution in [0.25, 0.3) is 11.4 Å². The summed E-state index contributed by atoms with van der Waals surface area (Å²) in [5.41, 5.74) is 1.37. The molecule has 0 radical (unpaired) electrons. The van der Waals surface area contributed by atoms with Crippen LogP contribution in [0, 0.1) is 0 Å². The normalized spacial score (nSPS) is 11.0. The quantitative estimate of drug-likeness (QED) is 0.316. The zero-order chi connectivity index (χ0) is 26.4. The van der Waals surface area contributed by atoms with Crippen molar-refractivity contribution < 1.29 is 27.5 Å². The van der Waals surface area contributed by atoms with Crippen LogP contribution in [-0.4, -0.2) is 54.7 Å². The van der Waals surface area contributed by atoms with E-state index >= 15 is 0 Å². The molecule has 3 aromatic carbocycles. The number of hydrogen-bond donors (Lipinski definition) is 2. The third-order valence-corrected chi connectivity index (χ3v) is 6.49. The second-order valence-electron chi connectivity index (χ2n) is 7.59. The lowest BCUT2D eigenvalue weighted by Crippen LogP contribution is -2.20. The van der Waals surface area contributed by atoms with Crippen molar-refractivity contribution in [3.8, 4) is 17.1 Å². The molecule has 0 atom stereocenters. The first-order valence-corrected chi connectivity index (χ1v) is 12.3. The van der Waals surface area contributed by atoms with Gasteiger partial charge in [-0.2, -0.15) is 4.80 Å². The molecular weight excluding hydrogens is 500 g/mol. The zero-order valence-corrected chi connectivity index (χ0v) is 20.6. The fourth-order valence-corrected chi connectivity index (χ4v) is 4.36. The number of carbonyl (C=O) groups excluding carboxylic acids is 2.